The van der Waals surface area contributed by atoms with Crippen molar-refractivity contribution in [2.45, 2.75) is 51.1 Å². The monoisotopic (exact) mass is 398 g/mol. The summed E-state index contributed by atoms with van der Waals surface area (Å²) >= 11 is 0. The maximum Gasteiger partial charge on any atom is 0.422 e. The molecule has 2 rings (SSSR count). The molecule has 1 aliphatic rings. The van der Waals surface area contributed by atoms with Crippen molar-refractivity contribution >= 4 is 0 Å². The highest BCUT2D eigenvalue weighted by molar-refractivity contribution is 5.32. The molecule has 1 aliphatic carbocycles. The zero-order chi connectivity index (χ0) is 20.2. The number of alkyl halides is 5. The molecule has 152 valence electrons. The van der Waals surface area contributed by atoms with Gasteiger partial charge < -0.3 is 4.74 Å². The summed E-state index contributed by atoms with van der Waals surface area (Å²) in [7, 11) is 0. The largest absolute Gasteiger partial charge is 0.478 e. The Morgan fingerprint density at radius 3 is 2.04 bits per heavy atom. The molecule has 1 fully saturated rings. The summed E-state index contributed by atoms with van der Waals surface area (Å²) in [5.74, 6) is -7.86. The van der Waals surface area contributed by atoms with Gasteiger partial charge in [-0.2, -0.15) is 13.2 Å². The van der Waals surface area contributed by atoms with Crippen LogP contribution in [0.15, 0.2) is 24.3 Å². The van der Waals surface area contributed by atoms with Crippen LogP contribution in [0.25, 0.3) is 0 Å². The van der Waals surface area contributed by atoms with E-state index in [1.807, 2.05) is 19.1 Å². The lowest BCUT2D eigenvalue weighted by atomic mass is 9.77. The predicted molar refractivity (Wildman–Crippen MR) is 86.8 cm³/mol. The minimum absolute atomic E-state index is 0.266. The molecular weight excluding hydrogens is 377 g/mol. The van der Waals surface area contributed by atoms with E-state index in [-0.39, 0.29) is 11.5 Å². The summed E-state index contributed by atoms with van der Waals surface area (Å²) in [4.78, 5) is 0. The number of halogens is 7. The van der Waals surface area contributed by atoms with Gasteiger partial charge in [0.1, 0.15) is 0 Å². The fraction of sp³-hybridized carbons (Fsp3) is 0.579. The minimum Gasteiger partial charge on any atom is -0.478 e. The highest BCUT2D eigenvalue weighted by Gasteiger charge is 2.41. The van der Waals surface area contributed by atoms with Gasteiger partial charge >= 0.3 is 6.18 Å². The second kappa shape index (κ2) is 8.52. The van der Waals surface area contributed by atoms with Crippen LogP contribution < -0.4 is 4.74 Å². The summed E-state index contributed by atoms with van der Waals surface area (Å²) in [5, 5.41) is 0. The van der Waals surface area contributed by atoms with Crippen molar-refractivity contribution in [1.29, 1.82) is 0 Å². The molecular formula is C19H21F7O. The normalized spacial score (nSPS) is 21.6. The predicted octanol–water partition coefficient (Wildman–Crippen LogP) is 6.47. The third-order valence-electron chi connectivity index (χ3n) is 4.71. The van der Waals surface area contributed by atoms with Crippen LogP contribution in [0.5, 0.6) is 5.75 Å². The van der Waals surface area contributed by atoms with Crippen LogP contribution in [0.3, 0.4) is 0 Å². The van der Waals surface area contributed by atoms with Crippen LogP contribution in [0.1, 0.15) is 38.2 Å². The molecule has 0 amide bonds. The van der Waals surface area contributed by atoms with E-state index < -0.39 is 48.4 Å². The highest BCUT2D eigenvalue weighted by Crippen LogP contribution is 2.41. The first-order valence-corrected chi connectivity index (χ1v) is 8.70. The zero-order valence-corrected chi connectivity index (χ0v) is 14.8. The molecule has 0 saturated heterocycles. The van der Waals surface area contributed by atoms with Crippen molar-refractivity contribution in [1.82, 2.24) is 0 Å². The van der Waals surface area contributed by atoms with Gasteiger partial charge in [0.05, 0.1) is 0 Å². The summed E-state index contributed by atoms with van der Waals surface area (Å²) in [5.41, 5.74) is -0.315. The number of ether oxygens (including phenoxy) is 1. The number of rotatable bonds is 6. The van der Waals surface area contributed by atoms with E-state index in [9.17, 15) is 30.7 Å². The molecule has 27 heavy (non-hydrogen) atoms. The van der Waals surface area contributed by atoms with Gasteiger partial charge in [-0.1, -0.05) is 12.2 Å². The molecule has 0 radical (unpaired) electrons. The van der Waals surface area contributed by atoms with Crippen LogP contribution in [-0.4, -0.2) is 18.7 Å². The quantitative estimate of drug-likeness (QED) is 0.394. The van der Waals surface area contributed by atoms with Gasteiger partial charge in [-0.15, -0.1) is 0 Å². The second-order valence-corrected chi connectivity index (χ2v) is 6.87. The molecule has 0 N–H and O–H groups in total. The van der Waals surface area contributed by atoms with Gasteiger partial charge in [-0.3, -0.25) is 0 Å². The van der Waals surface area contributed by atoms with Crippen molar-refractivity contribution in [3.05, 3.63) is 41.5 Å². The highest BCUT2D eigenvalue weighted by atomic mass is 19.4. The summed E-state index contributed by atoms with van der Waals surface area (Å²) < 4.78 is 97.2. The molecule has 8 heteroatoms. The fourth-order valence-electron chi connectivity index (χ4n) is 3.43. The first-order valence-electron chi connectivity index (χ1n) is 8.70. The smallest absolute Gasteiger partial charge is 0.422 e. The molecule has 0 unspecified atom stereocenters. The van der Waals surface area contributed by atoms with Gasteiger partial charge in [0.15, 0.2) is 24.0 Å². The molecule has 1 nitrogen and oxygen atoms in total. The van der Waals surface area contributed by atoms with Crippen molar-refractivity contribution in [3.8, 4) is 5.75 Å². The lowest BCUT2D eigenvalue weighted by Crippen LogP contribution is -2.33. The number of hydrogen-bond acceptors (Lipinski definition) is 1. The number of benzene rings is 1. The van der Waals surface area contributed by atoms with E-state index in [0.29, 0.717) is 37.8 Å². The lowest BCUT2D eigenvalue weighted by Gasteiger charge is -2.33. The van der Waals surface area contributed by atoms with E-state index in [1.165, 1.54) is 0 Å². The van der Waals surface area contributed by atoms with E-state index >= 15 is 0 Å². The van der Waals surface area contributed by atoms with E-state index in [2.05, 4.69) is 4.74 Å². The summed E-state index contributed by atoms with van der Waals surface area (Å²) in [6, 6.07) is 1.21. The molecule has 1 saturated carbocycles. The standard InChI is InChI=1S/C19H21F7O/c1-2-3-12-4-6-14(7-5-12)18(22,23)10-13-8-15(20)17(16(21)9-13)27-11-19(24,25)26/h2-3,8-9,12,14H,4-7,10-11H2,1H3/b3-2+. The lowest BCUT2D eigenvalue weighted by molar-refractivity contribution is -0.154. The van der Waals surface area contributed by atoms with E-state index in [4.69, 9.17) is 0 Å². The summed E-state index contributed by atoms with van der Waals surface area (Å²) in [6.07, 6.45) is 0.0835. The van der Waals surface area contributed by atoms with Crippen LogP contribution in [0.4, 0.5) is 30.7 Å². The van der Waals surface area contributed by atoms with Crippen LogP contribution in [-0.2, 0) is 6.42 Å². The fourth-order valence-corrected chi connectivity index (χ4v) is 3.43. The molecule has 0 aromatic heterocycles. The Hall–Kier alpha value is -1.73. The van der Waals surface area contributed by atoms with Gasteiger partial charge in [0, 0.05) is 12.3 Å². The average Bonchev–Trinajstić information content (AvgIpc) is 2.53. The van der Waals surface area contributed by atoms with Gasteiger partial charge in [0.25, 0.3) is 5.92 Å². The molecule has 0 bridgehead atoms. The maximum atomic E-state index is 14.5. The van der Waals surface area contributed by atoms with Crippen LogP contribution in [0, 0.1) is 23.5 Å². The number of hydrogen-bond donors (Lipinski definition) is 0. The summed E-state index contributed by atoms with van der Waals surface area (Å²) in [6.45, 7) is -0.00231. The van der Waals surface area contributed by atoms with E-state index in [0.717, 1.165) is 0 Å². The zero-order valence-electron chi connectivity index (χ0n) is 14.8. The maximum absolute atomic E-state index is 14.5. The molecule has 0 spiro atoms. The molecule has 0 aliphatic heterocycles. The Labute approximate surface area is 153 Å². The average molecular weight is 398 g/mol. The molecule has 1 aromatic carbocycles. The van der Waals surface area contributed by atoms with Crippen molar-refractivity contribution in [3.63, 3.8) is 0 Å². The Balaban J connectivity index is 2.06. The third-order valence-corrected chi connectivity index (χ3v) is 4.71. The Morgan fingerprint density at radius 2 is 1.56 bits per heavy atom. The Morgan fingerprint density at radius 1 is 1.00 bits per heavy atom. The van der Waals surface area contributed by atoms with Crippen LogP contribution >= 0.6 is 0 Å². The van der Waals surface area contributed by atoms with Crippen molar-refractivity contribution in [2.75, 3.05) is 6.61 Å². The Kier molecular flexibility index (Phi) is 6.81. The van der Waals surface area contributed by atoms with Crippen molar-refractivity contribution < 1.29 is 35.5 Å². The molecule has 0 heterocycles. The van der Waals surface area contributed by atoms with Crippen molar-refractivity contribution in [2.24, 2.45) is 11.8 Å². The molecule has 0 atom stereocenters. The first kappa shape index (κ1) is 21.6. The minimum atomic E-state index is -4.77. The SMILES string of the molecule is C/C=C/C1CCC(C(F)(F)Cc2cc(F)c(OCC(F)(F)F)c(F)c2)CC1. The topological polar surface area (TPSA) is 9.23 Å². The van der Waals surface area contributed by atoms with E-state index in [1.54, 1.807) is 0 Å². The van der Waals surface area contributed by atoms with Gasteiger partial charge in [-0.05, 0) is 56.2 Å². The molecule has 1 aromatic rings. The second-order valence-electron chi connectivity index (χ2n) is 6.87. The Bertz CT molecular complexity index is 636. The first-order chi connectivity index (χ1) is 12.5. The third kappa shape index (κ3) is 6.14. The van der Waals surface area contributed by atoms with Gasteiger partial charge in [-0.25, -0.2) is 17.6 Å². The number of allylic oxidation sites excluding steroid dienone is 2. The van der Waals surface area contributed by atoms with Crippen LogP contribution in [0.2, 0.25) is 0 Å². The van der Waals surface area contributed by atoms with Gasteiger partial charge in [0.2, 0.25) is 0 Å².